The first-order chi connectivity index (χ1) is 13.6. The summed E-state index contributed by atoms with van der Waals surface area (Å²) >= 11 is 0. The first kappa shape index (κ1) is 18.1. The lowest BCUT2D eigenvalue weighted by atomic mass is 10.1. The molecule has 0 spiro atoms. The number of nitrogens with zero attached hydrogens (tertiary/aromatic N) is 5. The van der Waals surface area contributed by atoms with Crippen LogP contribution in [0, 0.1) is 11.6 Å². The van der Waals surface area contributed by atoms with Crippen LogP contribution in [0.25, 0.3) is 5.82 Å². The number of amides is 1. The van der Waals surface area contributed by atoms with Gasteiger partial charge < -0.3 is 14.4 Å². The summed E-state index contributed by atoms with van der Waals surface area (Å²) in [7, 11) is 0. The summed E-state index contributed by atoms with van der Waals surface area (Å²) in [5.74, 6) is 0.0773. The Morgan fingerprint density at radius 1 is 0.964 bits per heavy atom. The minimum absolute atomic E-state index is 0.0720. The van der Waals surface area contributed by atoms with Gasteiger partial charge in [-0.25, -0.2) is 18.7 Å². The smallest absolute Gasteiger partial charge is 0.227 e. The predicted octanol–water partition coefficient (Wildman–Crippen LogP) is 2.44. The van der Waals surface area contributed by atoms with Gasteiger partial charge in [-0.05, 0) is 23.8 Å². The Kier molecular flexibility index (Phi) is 5.01. The van der Waals surface area contributed by atoms with Crippen molar-refractivity contribution in [2.24, 2.45) is 0 Å². The second-order valence-electron chi connectivity index (χ2n) is 6.61. The molecular weight excluding hydrogens is 364 g/mol. The molecule has 2 aromatic heterocycles. The van der Waals surface area contributed by atoms with E-state index in [4.69, 9.17) is 0 Å². The Balaban J connectivity index is 1.38. The van der Waals surface area contributed by atoms with Crippen molar-refractivity contribution in [1.29, 1.82) is 0 Å². The average molecular weight is 383 g/mol. The predicted molar refractivity (Wildman–Crippen MR) is 100 cm³/mol. The van der Waals surface area contributed by atoms with Crippen molar-refractivity contribution in [3.8, 4) is 5.82 Å². The van der Waals surface area contributed by atoms with Crippen molar-refractivity contribution in [2.45, 2.75) is 6.42 Å². The fraction of sp³-hybridized carbons (Fsp3) is 0.250. The maximum atomic E-state index is 13.8. The van der Waals surface area contributed by atoms with Crippen LogP contribution in [0.4, 0.5) is 14.6 Å². The Morgan fingerprint density at radius 3 is 2.39 bits per heavy atom. The van der Waals surface area contributed by atoms with Crippen LogP contribution in [0.1, 0.15) is 5.56 Å². The molecule has 8 heteroatoms. The first-order valence-corrected chi connectivity index (χ1v) is 9.02. The number of anilines is 1. The molecule has 1 amide bonds. The van der Waals surface area contributed by atoms with E-state index in [1.165, 1.54) is 18.5 Å². The zero-order valence-corrected chi connectivity index (χ0v) is 15.1. The van der Waals surface area contributed by atoms with Crippen LogP contribution >= 0.6 is 0 Å². The van der Waals surface area contributed by atoms with Gasteiger partial charge in [-0.2, -0.15) is 0 Å². The molecule has 144 valence electrons. The number of hydrogen-bond acceptors (Lipinski definition) is 4. The highest BCUT2D eigenvalue weighted by Crippen LogP contribution is 2.17. The SMILES string of the molecule is O=C(Cc1ccc(F)cc1F)N1CCN(c2cc(-n3cccc3)ncn2)CC1. The number of hydrogen-bond donors (Lipinski definition) is 0. The third kappa shape index (κ3) is 3.85. The number of halogens is 2. The van der Waals surface area contributed by atoms with Crippen LogP contribution in [0.15, 0.2) is 55.1 Å². The Morgan fingerprint density at radius 2 is 1.68 bits per heavy atom. The summed E-state index contributed by atoms with van der Waals surface area (Å²) in [4.78, 5) is 24.9. The molecule has 1 aliphatic rings. The van der Waals surface area contributed by atoms with Crippen LogP contribution in [0.5, 0.6) is 0 Å². The van der Waals surface area contributed by atoms with Crippen LogP contribution in [0.3, 0.4) is 0 Å². The normalized spacial score (nSPS) is 14.4. The summed E-state index contributed by atoms with van der Waals surface area (Å²) in [6, 6.07) is 9.05. The highest BCUT2D eigenvalue weighted by Gasteiger charge is 2.23. The molecule has 0 aliphatic carbocycles. The fourth-order valence-electron chi connectivity index (χ4n) is 3.26. The maximum absolute atomic E-state index is 13.8. The second-order valence-corrected chi connectivity index (χ2v) is 6.61. The molecule has 0 saturated carbocycles. The van der Waals surface area contributed by atoms with E-state index < -0.39 is 11.6 Å². The lowest BCUT2D eigenvalue weighted by molar-refractivity contribution is -0.130. The minimum atomic E-state index is -0.689. The van der Waals surface area contributed by atoms with E-state index in [9.17, 15) is 13.6 Å². The van der Waals surface area contributed by atoms with Gasteiger partial charge in [0, 0.05) is 50.7 Å². The van der Waals surface area contributed by atoms with Crippen molar-refractivity contribution < 1.29 is 13.6 Å². The molecule has 4 rings (SSSR count). The molecule has 28 heavy (non-hydrogen) atoms. The van der Waals surface area contributed by atoms with Crippen molar-refractivity contribution >= 4 is 11.7 Å². The summed E-state index contributed by atoms with van der Waals surface area (Å²) in [5.41, 5.74) is 0.209. The van der Waals surface area contributed by atoms with Gasteiger partial charge in [-0.15, -0.1) is 0 Å². The summed E-state index contributed by atoms with van der Waals surface area (Å²) in [5, 5.41) is 0. The molecule has 0 unspecified atom stereocenters. The van der Waals surface area contributed by atoms with E-state index in [0.29, 0.717) is 26.2 Å². The van der Waals surface area contributed by atoms with Crippen LogP contribution in [0.2, 0.25) is 0 Å². The zero-order chi connectivity index (χ0) is 19.5. The van der Waals surface area contributed by atoms with E-state index in [1.807, 2.05) is 35.2 Å². The molecule has 0 bridgehead atoms. The standard InChI is InChI=1S/C20H19F2N5O/c21-16-4-3-15(17(22)12-16)11-20(28)27-9-7-26(8-10-27)19-13-18(23-14-24-19)25-5-1-2-6-25/h1-6,12-14H,7-11H2. The molecule has 0 radical (unpaired) electrons. The van der Waals surface area contributed by atoms with Crippen LogP contribution < -0.4 is 4.90 Å². The van der Waals surface area contributed by atoms with E-state index in [1.54, 1.807) is 4.90 Å². The minimum Gasteiger partial charge on any atom is -0.353 e. The number of benzene rings is 1. The highest BCUT2D eigenvalue weighted by atomic mass is 19.1. The molecule has 1 aliphatic heterocycles. The number of piperazine rings is 1. The topological polar surface area (TPSA) is 54.3 Å². The number of carbonyl (C=O) groups excluding carboxylic acids is 1. The monoisotopic (exact) mass is 383 g/mol. The van der Waals surface area contributed by atoms with Gasteiger partial charge in [0.15, 0.2) is 0 Å². The Bertz CT molecular complexity index is 968. The van der Waals surface area contributed by atoms with E-state index in [2.05, 4.69) is 14.9 Å². The Hall–Kier alpha value is -3.29. The molecule has 3 heterocycles. The lowest BCUT2D eigenvalue weighted by Gasteiger charge is -2.35. The molecule has 1 saturated heterocycles. The van der Waals surface area contributed by atoms with Gasteiger partial charge in [0.2, 0.25) is 5.91 Å². The molecule has 6 nitrogen and oxygen atoms in total. The van der Waals surface area contributed by atoms with Gasteiger partial charge in [0.25, 0.3) is 0 Å². The van der Waals surface area contributed by atoms with Crippen LogP contribution in [-0.4, -0.2) is 51.5 Å². The van der Waals surface area contributed by atoms with E-state index in [-0.39, 0.29) is 17.9 Å². The molecule has 0 N–H and O–H groups in total. The third-order valence-electron chi connectivity index (χ3n) is 4.82. The molecule has 1 aromatic carbocycles. The van der Waals surface area contributed by atoms with Crippen molar-refractivity contribution in [3.05, 3.63) is 72.3 Å². The largest absolute Gasteiger partial charge is 0.353 e. The number of carbonyl (C=O) groups is 1. The number of aromatic nitrogens is 3. The summed E-state index contributed by atoms with van der Waals surface area (Å²) in [6.45, 7) is 2.29. The average Bonchev–Trinajstić information content (AvgIpc) is 3.25. The maximum Gasteiger partial charge on any atom is 0.227 e. The fourth-order valence-corrected chi connectivity index (χ4v) is 3.26. The highest BCUT2D eigenvalue weighted by molar-refractivity contribution is 5.79. The van der Waals surface area contributed by atoms with Crippen molar-refractivity contribution in [1.82, 2.24) is 19.4 Å². The van der Waals surface area contributed by atoms with Gasteiger partial charge in [0.05, 0.1) is 6.42 Å². The zero-order valence-electron chi connectivity index (χ0n) is 15.1. The molecule has 3 aromatic rings. The molecular formula is C20H19F2N5O. The number of rotatable bonds is 4. The van der Waals surface area contributed by atoms with Gasteiger partial charge in [-0.3, -0.25) is 4.79 Å². The first-order valence-electron chi connectivity index (χ1n) is 9.02. The van der Waals surface area contributed by atoms with Gasteiger partial charge >= 0.3 is 0 Å². The van der Waals surface area contributed by atoms with Gasteiger partial charge in [0.1, 0.15) is 29.6 Å². The third-order valence-corrected chi connectivity index (χ3v) is 4.82. The summed E-state index contributed by atoms with van der Waals surface area (Å²) in [6.07, 6.45) is 5.28. The lowest BCUT2D eigenvalue weighted by Crippen LogP contribution is -2.49. The molecule has 0 atom stereocenters. The van der Waals surface area contributed by atoms with E-state index >= 15 is 0 Å². The van der Waals surface area contributed by atoms with Crippen LogP contribution in [-0.2, 0) is 11.2 Å². The summed E-state index contributed by atoms with van der Waals surface area (Å²) < 4.78 is 28.7. The Labute approximate surface area is 161 Å². The molecule has 1 fully saturated rings. The second kappa shape index (κ2) is 7.75. The quantitative estimate of drug-likeness (QED) is 0.695. The van der Waals surface area contributed by atoms with Crippen molar-refractivity contribution in [2.75, 3.05) is 31.1 Å². The van der Waals surface area contributed by atoms with Gasteiger partial charge in [-0.1, -0.05) is 6.07 Å². The van der Waals surface area contributed by atoms with Crippen molar-refractivity contribution in [3.63, 3.8) is 0 Å². The van der Waals surface area contributed by atoms with E-state index in [0.717, 1.165) is 17.7 Å².